The number of para-hydroxylation sites is 4. The fourth-order valence-corrected chi connectivity index (χ4v) is 3.37. The maximum atomic E-state index is 9.29. The summed E-state index contributed by atoms with van der Waals surface area (Å²) in [5.74, 6) is 0.886. The minimum atomic E-state index is 0. The maximum absolute atomic E-state index is 9.29. The van der Waals surface area contributed by atoms with Crippen molar-refractivity contribution in [3.8, 4) is 23.0 Å². The Morgan fingerprint density at radius 3 is 1.02 bits per heavy atom. The molecule has 0 spiro atoms. The van der Waals surface area contributed by atoms with E-state index in [0.717, 1.165) is 5.56 Å². The summed E-state index contributed by atoms with van der Waals surface area (Å²) in [4.78, 5) is 11.7. The van der Waals surface area contributed by atoms with Crippen LogP contribution in [-0.4, -0.2) is 112 Å². The summed E-state index contributed by atoms with van der Waals surface area (Å²) < 4.78 is 0. The first kappa shape index (κ1) is 56.1. The molecule has 16 heteroatoms. The number of phenolic OH excluding ortho intramolecular Hbond substituents is 4. The van der Waals surface area contributed by atoms with Crippen molar-refractivity contribution in [2.75, 3.05) is 52.6 Å². The number of hydrogen-bond donors (Lipinski definition) is 8. The second kappa shape index (κ2) is 38.1. The monoisotopic (exact) mass is 917 g/mol. The van der Waals surface area contributed by atoms with Gasteiger partial charge in [-0.1, -0.05) is 54.6 Å². The van der Waals surface area contributed by atoms with Gasteiger partial charge in [-0.3, -0.25) is 15.0 Å². The molecular weight excluding hydrogens is 878 g/mol. The first-order valence-electron chi connectivity index (χ1n) is 15.0. The molecule has 4 aromatic rings. The molecule has 0 atom stereocenters. The Bertz CT molecular complexity index is 1380. The van der Waals surface area contributed by atoms with E-state index in [0.29, 0.717) is 49.4 Å². The van der Waals surface area contributed by atoms with Gasteiger partial charge in [0.2, 0.25) is 0 Å². The smallest absolute Gasteiger partial charge is 0.124 e. The van der Waals surface area contributed by atoms with Crippen LogP contribution in [0.1, 0.15) is 22.3 Å². The molecule has 0 aromatic heterocycles. The Morgan fingerprint density at radius 1 is 0.423 bits per heavy atom. The van der Waals surface area contributed by atoms with Gasteiger partial charge in [0.1, 0.15) is 23.0 Å². The summed E-state index contributed by atoms with van der Waals surface area (Å²) in [7, 11) is 0. The van der Waals surface area contributed by atoms with E-state index in [-0.39, 0.29) is 127 Å². The minimum Gasteiger partial charge on any atom is -0.657 e. The normalized spacial score (nSPS) is 9.77. The number of aliphatic hydroxyl groups is 4. The molecule has 12 nitrogen and oxygen atoms in total. The topological polar surface area (TPSA) is 213 Å². The standard InChI is InChI=1S/C9H12NO2.3C9H11NO2.4Zn/c4*11-6-5-10-7-8-3-1-2-4-9(8)12;;;;/h1-4,11-12H,5-7H2;3*1-4,7,11-12H,5-6H2;;;;/q-1;;;;;;;. The van der Waals surface area contributed by atoms with Gasteiger partial charge in [0, 0.05) is 120 Å². The van der Waals surface area contributed by atoms with Crippen LogP contribution >= 0.6 is 0 Å². The molecule has 4 aromatic carbocycles. The number of aliphatic hydroxyl groups excluding tert-OH is 4. The first-order valence-corrected chi connectivity index (χ1v) is 15.0. The number of benzene rings is 4. The average molecular weight is 923 g/mol. The molecule has 52 heavy (non-hydrogen) atoms. The summed E-state index contributed by atoms with van der Waals surface area (Å²) in [6, 6.07) is 27.8. The van der Waals surface area contributed by atoms with Crippen LogP contribution in [0.4, 0.5) is 0 Å². The van der Waals surface area contributed by atoms with E-state index in [4.69, 9.17) is 20.4 Å². The zero-order valence-electron chi connectivity index (χ0n) is 29.5. The van der Waals surface area contributed by atoms with E-state index >= 15 is 0 Å². The predicted octanol–water partition coefficient (Wildman–Crippen LogP) is 3.66. The van der Waals surface area contributed by atoms with Gasteiger partial charge in [-0.15, -0.1) is 13.1 Å². The summed E-state index contributed by atoms with van der Waals surface area (Å²) in [6.07, 6.45) is 4.64. The van der Waals surface area contributed by atoms with Gasteiger partial charge in [-0.2, -0.15) is 0 Å². The van der Waals surface area contributed by atoms with Crippen molar-refractivity contribution in [1.82, 2.24) is 0 Å². The molecule has 0 fully saturated rings. The van der Waals surface area contributed by atoms with Gasteiger partial charge in [0.25, 0.3) is 0 Å². The number of rotatable bonds is 13. The Morgan fingerprint density at radius 2 is 0.731 bits per heavy atom. The van der Waals surface area contributed by atoms with Gasteiger partial charge < -0.3 is 46.2 Å². The van der Waals surface area contributed by atoms with Crippen LogP contribution < -0.4 is 0 Å². The number of nitrogens with zero attached hydrogens (tertiary/aromatic N) is 4. The van der Waals surface area contributed by atoms with Crippen LogP contribution in [0.3, 0.4) is 0 Å². The zero-order valence-corrected chi connectivity index (χ0v) is 41.4. The van der Waals surface area contributed by atoms with Crippen LogP contribution in [0.2, 0.25) is 0 Å². The van der Waals surface area contributed by atoms with E-state index in [2.05, 4.69) is 20.3 Å². The second-order valence-corrected chi connectivity index (χ2v) is 9.41. The number of phenols is 4. The fraction of sp³-hybridized carbons (Fsp3) is 0.250. The molecule has 0 saturated carbocycles. The zero-order chi connectivity index (χ0) is 35.2. The van der Waals surface area contributed by atoms with Gasteiger partial charge in [-0.05, 0) is 48.0 Å². The van der Waals surface area contributed by atoms with Crippen molar-refractivity contribution >= 4 is 18.6 Å². The molecule has 0 bridgehead atoms. The molecule has 0 aliphatic rings. The van der Waals surface area contributed by atoms with Crippen molar-refractivity contribution in [1.29, 1.82) is 0 Å². The Labute approximate surface area is 356 Å². The van der Waals surface area contributed by atoms with Gasteiger partial charge in [0.05, 0.1) is 39.5 Å². The molecule has 0 saturated heterocycles. The van der Waals surface area contributed by atoms with Crippen molar-refractivity contribution in [2.45, 2.75) is 6.54 Å². The summed E-state index contributed by atoms with van der Waals surface area (Å²) in [6.45, 7) is 2.16. The van der Waals surface area contributed by atoms with E-state index in [1.54, 1.807) is 85.4 Å². The van der Waals surface area contributed by atoms with Crippen molar-refractivity contribution < 1.29 is 119 Å². The summed E-state index contributed by atoms with van der Waals surface area (Å²) in [5, 5.41) is 74.8. The minimum absolute atomic E-state index is 0. The number of hydrogen-bond acceptors (Lipinski definition) is 11. The molecule has 0 heterocycles. The Hall–Kier alpha value is -2.62. The molecule has 0 unspecified atom stereocenters. The average Bonchev–Trinajstić information content (AvgIpc) is 3.10. The molecule has 0 radical (unpaired) electrons. The third kappa shape index (κ3) is 27.1. The predicted molar refractivity (Wildman–Crippen MR) is 190 cm³/mol. The molecular formula is C36H45N4O8Zn4-. The van der Waals surface area contributed by atoms with Crippen molar-refractivity contribution in [3.63, 3.8) is 0 Å². The van der Waals surface area contributed by atoms with Crippen molar-refractivity contribution in [3.05, 3.63) is 125 Å². The van der Waals surface area contributed by atoms with Crippen LogP contribution in [0.25, 0.3) is 5.32 Å². The second-order valence-electron chi connectivity index (χ2n) is 9.41. The van der Waals surface area contributed by atoms with E-state index < -0.39 is 0 Å². The van der Waals surface area contributed by atoms with E-state index in [1.807, 2.05) is 30.3 Å². The van der Waals surface area contributed by atoms with Crippen LogP contribution in [0.5, 0.6) is 23.0 Å². The summed E-state index contributed by atoms with van der Waals surface area (Å²) in [5.41, 5.74) is 2.81. The van der Waals surface area contributed by atoms with E-state index in [9.17, 15) is 20.4 Å². The first-order chi connectivity index (χ1) is 23.4. The fourth-order valence-electron chi connectivity index (χ4n) is 3.37. The molecule has 0 aliphatic carbocycles. The van der Waals surface area contributed by atoms with Gasteiger partial charge >= 0.3 is 0 Å². The quantitative estimate of drug-likeness (QED) is 0.0562. The van der Waals surface area contributed by atoms with Crippen LogP contribution in [-0.2, 0) is 84.5 Å². The molecule has 0 amide bonds. The summed E-state index contributed by atoms with van der Waals surface area (Å²) >= 11 is 0. The Balaban J connectivity index is -0.000000288. The van der Waals surface area contributed by atoms with E-state index in [1.165, 1.54) is 0 Å². The number of aromatic hydroxyl groups is 4. The molecule has 266 valence electrons. The van der Waals surface area contributed by atoms with Crippen LogP contribution in [0, 0.1) is 0 Å². The SMILES string of the molecule is OCCN=Cc1ccccc1O.OCCN=Cc1ccccc1O.OCCN=Cc1ccccc1O.OCC[N-]Cc1ccccc1O.[Zn].[Zn].[Zn].[Zn]. The molecule has 4 rings (SSSR count). The molecule has 0 aliphatic heterocycles. The third-order valence-electron chi connectivity index (χ3n) is 5.72. The Kier molecular flexibility index (Phi) is 41.1. The van der Waals surface area contributed by atoms with Crippen LogP contribution in [0.15, 0.2) is 112 Å². The maximum Gasteiger partial charge on any atom is 0.124 e. The van der Waals surface area contributed by atoms with Gasteiger partial charge in [-0.25, -0.2) is 0 Å². The largest absolute Gasteiger partial charge is 0.657 e. The van der Waals surface area contributed by atoms with Gasteiger partial charge in [0.15, 0.2) is 0 Å². The molecule has 8 N–H and O–H groups in total. The van der Waals surface area contributed by atoms with Crippen molar-refractivity contribution in [2.24, 2.45) is 15.0 Å². The third-order valence-corrected chi connectivity index (χ3v) is 5.72. The number of aliphatic imine (C=N–C) groups is 3.